The van der Waals surface area contributed by atoms with Crippen LogP contribution in [0.15, 0.2) is 4.99 Å². The van der Waals surface area contributed by atoms with Gasteiger partial charge in [-0.05, 0) is 43.3 Å². The van der Waals surface area contributed by atoms with Crippen molar-refractivity contribution in [3.8, 4) is 0 Å². The molecule has 2 saturated carbocycles. The van der Waals surface area contributed by atoms with E-state index >= 15 is 0 Å². The lowest BCUT2D eigenvalue weighted by Crippen LogP contribution is -2.57. The van der Waals surface area contributed by atoms with Crippen LogP contribution >= 0.6 is 11.8 Å². The molecule has 0 spiro atoms. The van der Waals surface area contributed by atoms with Crippen molar-refractivity contribution in [3.05, 3.63) is 0 Å². The van der Waals surface area contributed by atoms with Gasteiger partial charge in [-0.25, -0.2) is 0 Å². The molecule has 4 unspecified atom stereocenters. The maximum absolute atomic E-state index is 10.5. The molecule has 2 aliphatic heterocycles. The van der Waals surface area contributed by atoms with Crippen LogP contribution in [0.4, 0.5) is 0 Å². The average molecular weight is 353 g/mol. The third-order valence-electron chi connectivity index (χ3n) is 6.65. The molecule has 4 atom stereocenters. The molecule has 2 saturated heterocycles. The van der Waals surface area contributed by atoms with Crippen molar-refractivity contribution in [2.24, 2.45) is 16.8 Å². The molecule has 0 amide bonds. The summed E-state index contributed by atoms with van der Waals surface area (Å²) in [7, 11) is 1.86. The van der Waals surface area contributed by atoms with E-state index in [1.807, 2.05) is 18.8 Å². The highest BCUT2D eigenvalue weighted by Gasteiger charge is 2.43. The van der Waals surface area contributed by atoms with Gasteiger partial charge in [0.05, 0.1) is 5.60 Å². The van der Waals surface area contributed by atoms with Gasteiger partial charge in [0.25, 0.3) is 0 Å². The van der Waals surface area contributed by atoms with E-state index in [-0.39, 0.29) is 0 Å². The van der Waals surface area contributed by atoms with Crippen LogP contribution in [0, 0.1) is 11.8 Å². The SMILES string of the molecule is CN=C(NCC1(O)CCSC1)N1CCN(C2CC3CCC2C3)CC1. The zero-order valence-electron chi connectivity index (χ0n) is 14.9. The maximum Gasteiger partial charge on any atom is 0.193 e. The van der Waals surface area contributed by atoms with E-state index in [1.54, 1.807) is 0 Å². The summed E-state index contributed by atoms with van der Waals surface area (Å²) in [6.07, 6.45) is 6.78. The molecule has 0 radical (unpaired) electrons. The first-order valence-corrected chi connectivity index (χ1v) is 10.8. The minimum Gasteiger partial charge on any atom is -0.387 e. The number of aliphatic hydroxyl groups is 1. The summed E-state index contributed by atoms with van der Waals surface area (Å²) in [5, 5.41) is 13.9. The fourth-order valence-electron chi connectivity index (χ4n) is 5.24. The first kappa shape index (κ1) is 17.0. The smallest absolute Gasteiger partial charge is 0.193 e. The summed E-state index contributed by atoms with van der Waals surface area (Å²) in [6.45, 7) is 5.06. The van der Waals surface area contributed by atoms with Crippen molar-refractivity contribution < 1.29 is 5.11 Å². The lowest BCUT2D eigenvalue weighted by molar-refractivity contribution is 0.0695. The Hall–Kier alpha value is -0.460. The van der Waals surface area contributed by atoms with Crippen molar-refractivity contribution in [2.75, 3.05) is 51.3 Å². The Bertz CT molecular complexity index is 472. The molecule has 0 aromatic heterocycles. The van der Waals surface area contributed by atoms with Gasteiger partial charge in [-0.15, -0.1) is 0 Å². The van der Waals surface area contributed by atoms with Gasteiger partial charge in [-0.1, -0.05) is 6.42 Å². The summed E-state index contributed by atoms with van der Waals surface area (Å²) in [4.78, 5) is 9.57. The van der Waals surface area contributed by atoms with Crippen LogP contribution in [0.25, 0.3) is 0 Å². The number of thioether (sulfide) groups is 1. The lowest BCUT2D eigenvalue weighted by atomic mass is 9.93. The number of hydrogen-bond donors (Lipinski definition) is 2. The molecule has 2 N–H and O–H groups in total. The van der Waals surface area contributed by atoms with Crippen LogP contribution in [-0.2, 0) is 0 Å². The molecule has 4 fully saturated rings. The highest BCUT2D eigenvalue weighted by Crippen LogP contribution is 2.46. The molecule has 2 heterocycles. The van der Waals surface area contributed by atoms with Crippen LogP contribution in [0.5, 0.6) is 0 Å². The zero-order chi connectivity index (χ0) is 16.6. The van der Waals surface area contributed by atoms with E-state index < -0.39 is 5.60 Å². The Kier molecular flexibility index (Phi) is 4.98. The molecule has 136 valence electrons. The quantitative estimate of drug-likeness (QED) is 0.591. The van der Waals surface area contributed by atoms with E-state index in [2.05, 4.69) is 20.1 Å². The summed E-state index contributed by atoms with van der Waals surface area (Å²) >= 11 is 1.85. The minimum absolute atomic E-state index is 0.550. The third-order valence-corrected chi connectivity index (χ3v) is 7.89. The normalized spacial score (nSPS) is 40.5. The fourth-order valence-corrected chi connectivity index (χ4v) is 6.53. The third kappa shape index (κ3) is 3.42. The molecular weight excluding hydrogens is 320 g/mol. The predicted molar refractivity (Wildman–Crippen MR) is 101 cm³/mol. The Labute approximate surface area is 150 Å². The molecule has 2 aliphatic carbocycles. The highest BCUT2D eigenvalue weighted by atomic mass is 32.2. The highest BCUT2D eigenvalue weighted by molar-refractivity contribution is 7.99. The van der Waals surface area contributed by atoms with Gasteiger partial charge in [0.2, 0.25) is 0 Å². The van der Waals surface area contributed by atoms with Crippen LogP contribution < -0.4 is 5.32 Å². The molecule has 0 aromatic rings. The molecule has 4 rings (SSSR count). The van der Waals surface area contributed by atoms with Crippen LogP contribution in [0.2, 0.25) is 0 Å². The molecule has 24 heavy (non-hydrogen) atoms. The van der Waals surface area contributed by atoms with Gasteiger partial charge >= 0.3 is 0 Å². The topological polar surface area (TPSA) is 51.1 Å². The monoisotopic (exact) mass is 352 g/mol. The van der Waals surface area contributed by atoms with Crippen molar-refractivity contribution in [3.63, 3.8) is 0 Å². The largest absolute Gasteiger partial charge is 0.387 e. The second-order valence-electron chi connectivity index (χ2n) is 8.19. The van der Waals surface area contributed by atoms with Gasteiger partial charge in [-0.3, -0.25) is 9.89 Å². The molecule has 0 aromatic carbocycles. The van der Waals surface area contributed by atoms with Gasteiger partial charge in [0, 0.05) is 51.6 Å². The van der Waals surface area contributed by atoms with Crippen LogP contribution in [0.3, 0.4) is 0 Å². The lowest BCUT2D eigenvalue weighted by Gasteiger charge is -2.42. The van der Waals surface area contributed by atoms with E-state index in [0.717, 1.165) is 67.9 Å². The summed E-state index contributed by atoms with van der Waals surface area (Å²) < 4.78 is 0. The second kappa shape index (κ2) is 7.04. The number of aliphatic imine (C=N–C) groups is 1. The number of rotatable bonds is 3. The first-order chi connectivity index (χ1) is 11.7. The molecule has 6 heteroatoms. The first-order valence-electron chi connectivity index (χ1n) is 9.67. The van der Waals surface area contributed by atoms with E-state index in [9.17, 15) is 5.11 Å². The number of hydrogen-bond acceptors (Lipinski definition) is 4. The fraction of sp³-hybridized carbons (Fsp3) is 0.944. The predicted octanol–water partition coefficient (Wildman–Crippen LogP) is 1.24. The number of fused-ring (bicyclic) bond motifs is 2. The van der Waals surface area contributed by atoms with Gasteiger partial charge in [-0.2, -0.15) is 11.8 Å². The Balaban J connectivity index is 1.26. The van der Waals surface area contributed by atoms with Crippen LogP contribution in [0.1, 0.15) is 32.1 Å². The molecule has 4 aliphatic rings. The second-order valence-corrected chi connectivity index (χ2v) is 9.30. The number of piperazine rings is 1. The Morgan fingerprint density at radius 1 is 1.25 bits per heavy atom. The molecule has 5 nitrogen and oxygen atoms in total. The van der Waals surface area contributed by atoms with E-state index in [1.165, 1.54) is 25.7 Å². The van der Waals surface area contributed by atoms with E-state index in [4.69, 9.17) is 0 Å². The van der Waals surface area contributed by atoms with Gasteiger partial charge < -0.3 is 15.3 Å². The van der Waals surface area contributed by atoms with Crippen molar-refractivity contribution in [2.45, 2.75) is 43.7 Å². The van der Waals surface area contributed by atoms with E-state index in [0.29, 0.717) is 6.54 Å². The number of nitrogens with one attached hydrogen (secondary N) is 1. The van der Waals surface area contributed by atoms with Gasteiger partial charge in [0.15, 0.2) is 5.96 Å². The van der Waals surface area contributed by atoms with Crippen molar-refractivity contribution in [1.82, 2.24) is 15.1 Å². The standard InChI is InChI=1S/C18H32N4OS/c1-19-17(20-12-18(23)4-9-24-13-18)22-7-5-21(6-8-22)16-11-14-2-3-15(16)10-14/h14-16,23H,2-13H2,1H3,(H,19,20). The molecule has 2 bridgehead atoms. The Morgan fingerprint density at radius 2 is 2.08 bits per heavy atom. The minimum atomic E-state index is -0.550. The number of nitrogens with zero attached hydrogens (tertiary/aromatic N) is 3. The summed E-state index contributed by atoms with van der Waals surface area (Å²) in [6, 6.07) is 0.858. The van der Waals surface area contributed by atoms with Crippen LogP contribution in [-0.4, -0.2) is 83.8 Å². The summed E-state index contributed by atoms with van der Waals surface area (Å²) in [5.74, 6) is 4.88. The summed E-state index contributed by atoms with van der Waals surface area (Å²) in [5.41, 5.74) is -0.550. The Morgan fingerprint density at radius 3 is 2.67 bits per heavy atom. The van der Waals surface area contributed by atoms with Crippen molar-refractivity contribution in [1.29, 1.82) is 0 Å². The maximum atomic E-state index is 10.5. The number of guanidine groups is 1. The van der Waals surface area contributed by atoms with Gasteiger partial charge in [0.1, 0.15) is 0 Å². The average Bonchev–Trinajstić information content (AvgIpc) is 3.33. The van der Waals surface area contributed by atoms with Crippen molar-refractivity contribution >= 4 is 17.7 Å². The molecular formula is C18H32N4OS. The zero-order valence-corrected chi connectivity index (χ0v) is 15.7.